The molecular weight excluding hydrogens is 250 g/mol. The van der Waals surface area contributed by atoms with E-state index < -0.39 is 0 Å². The lowest BCUT2D eigenvalue weighted by atomic mass is 10.4. The van der Waals surface area contributed by atoms with E-state index in [1.165, 1.54) is 0 Å². The first-order valence-electron chi connectivity index (χ1n) is 4.01. The molecule has 3 nitrogen and oxygen atoms in total. The summed E-state index contributed by atoms with van der Waals surface area (Å²) in [6.45, 7) is 3.71. The Balaban J connectivity index is 2.62. The predicted molar refractivity (Wildman–Crippen MR) is 57.9 cm³/mol. The molecule has 0 amide bonds. The number of aromatic nitrogens is 1. The Kier molecular flexibility index (Phi) is 4.19. The van der Waals surface area contributed by atoms with E-state index in [9.17, 15) is 0 Å². The summed E-state index contributed by atoms with van der Waals surface area (Å²) in [5.41, 5.74) is 0. The highest BCUT2D eigenvalue weighted by molar-refractivity contribution is 9.10. The van der Waals surface area contributed by atoms with Crippen molar-refractivity contribution in [3.8, 4) is 6.07 Å². The largest absolute Gasteiger partial charge is 0.347 e. The molecule has 0 fully saturated rings. The van der Waals surface area contributed by atoms with E-state index in [2.05, 4.69) is 38.8 Å². The van der Waals surface area contributed by atoms with E-state index >= 15 is 0 Å². The second kappa shape index (κ2) is 5.20. The van der Waals surface area contributed by atoms with Crippen molar-refractivity contribution in [2.75, 3.05) is 18.0 Å². The van der Waals surface area contributed by atoms with Gasteiger partial charge < -0.3 is 4.90 Å². The number of anilines is 1. The lowest BCUT2D eigenvalue weighted by Crippen LogP contribution is -2.23. The van der Waals surface area contributed by atoms with Crippen LogP contribution in [0.1, 0.15) is 13.3 Å². The molecule has 0 unspecified atom stereocenters. The summed E-state index contributed by atoms with van der Waals surface area (Å²) < 4.78 is 0.864. The Morgan fingerprint density at radius 1 is 1.77 bits per heavy atom. The third-order valence-electron chi connectivity index (χ3n) is 1.61. The molecule has 0 radical (unpaired) electrons. The number of nitrogens with zero attached hydrogens (tertiary/aromatic N) is 3. The number of thiazole rings is 1. The number of hydrogen-bond donors (Lipinski definition) is 0. The number of nitriles is 1. The van der Waals surface area contributed by atoms with Gasteiger partial charge in [0.25, 0.3) is 0 Å². The van der Waals surface area contributed by atoms with Crippen LogP contribution in [0, 0.1) is 11.3 Å². The summed E-state index contributed by atoms with van der Waals surface area (Å²) in [4.78, 5) is 6.38. The Labute approximate surface area is 90.1 Å². The number of hydrogen-bond acceptors (Lipinski definition) is 4. The van der Waals surface area contributed by atoms with E-state index in [1.54, 1.807) is 11.3 Å². The molecule has 0 spiro atoms. The zero-order chi connectivity index (χ0) is 9.68. The van der Waals surface area contributed by atoms with Gasteiger partial charge in [-0.1, -0.05) is 0 Å². The van der Waals surface area contributed by atoms with Gasteiger partial charge in [0.2, 0.25) is 0 Å². The molecule has 1 aromatic rings. The van der Waals surface area contributed by atoms with Crippen LogP contribution >= 0.6 is 27.3 Å². The number of rotatable bonds is 4. The van der Waals surface area contributed by atoms with Crippen LogP contribution < -0.4 is 4.90 Å². The first kappa shape index (κ1) is 10.5. The van der Waals surface area contributed by atoms with E-state index in [-0.39, 0.29) is 0 Å². The second-order valence-electron chi connectivity index (χ2n) is 2.44. The van der Waals surface area contributed by atoms with Gasteiger partial charge in [0.05, 0.1) is 12.5 Å². The number of halogens is 1. The molecule has 0 atom stereocenters. The van der Waals surface area contributed by atoms with Gasteiger partial charge in [-0.15, -0.1) is 11.3 Å². The molecule has 1 aromatic heterocycles. The lowest BCUT2D eigenvalue weighted by molar-refractivity contribution is 0.821. The van der Waals surface area contributed by atoms with E-state index in [0.29, 0.717) is 6.42 Å². The van der Waals surface area contributed by atoms with Crippen molar-refractivity contribution in [1.29, 1.82) is 5.26 Å². The maximum Gasteiger partial charge on any atom is 0.186 e. The van der Waals surface area contributed by atoms with Crippen LogP contribution in [0.3, 0.4) is 0 Å². The summed E-state index contributed by atoms with van der Waals surface area (Å²) in [6, 6.07) is 2.13. The Bertz CT molecular complexity index is 305. The molecule has 0 bridgehead atoms. The average Bonchev–Trinajstić information content (AvgIpc) is 2.54. The zero-order valence-corrected chi connectivity index (χ0v) is 9.73. The Morgan fingerprint density at radius 3 is 3.00 bits per heavy atom. The summed E-state index contributed by atoms with van der Waals surface area (Å²) in [7, 11) is 0. The molecule has 0 saturated heterocycles. The van der Waals surface area contributed by atoms with Crippen molar-refractivity contribution in [1.82, 2.24) is 4.98 Å². The quantitative estimate of drug-likeness (QED) is 0.835. The Morgan fingerprint density at radius 2 is 2.54 bits per heavy atom. The van der Waals surface area contributed by atoms with Gasteiger partial charge in [0, 0.05) is 18.5 Å². The average molecular weight is 260 g/mol. The highest BCUT2D eigenvalue weighted by atomic mass is 79.9. The molecule has 0 aliphatic carbocycles. The van der Waals surface area contributed by atoms with E-state index in [0.717, 1.165) is 22.8 Å². The summed E-state index contributed by atoms with van der Waals surface area (Å²) in [5.74, 6) is 0. The molecule has 13 heavy (non-hydrogen) atoms. The van der Waals surface area contributed by atoms with Crippen molar-refractivity contribution in [3.63, 3.8) is 0 Å². The molecule has 0 aliphatic rings. The summed E-state index contributed by atoms with van der Waals surface area (Å²) in [5, 5.41) is 11.4. The zero-order valence-electron chi connectivity index (χ0n) is 7.33. The van der Waals surface area contributed by atoms with Crippen LogP contribution in [0.25, 0.3) is 0 Å². The molecule has 0 N–H and O–H groups in total. The van der Waals surface area contributed by atoms with Crippen LogP contribution in [0.2, 0.25) is 0 Å². The molecule has 1 rings (SSSR count). The SMILES string of the molecule is CCN(CCC#N)c1nc(Br)cs1. The molecule has 70 valence electrons. The molecule has 0 aromatic carbocycles. The van der Waals surface area contributed by atoms with Gasteiger partial charge in [-0.2, -0.15) is 5.26 Å². The van der Waals surface area contributed by atoms with Crippen LogP contribution in [0.15, 0.2) is 9.98 Å². The van der Waals surface area contributed by atoms with E-state index in [4.69, 9.17) is 5.26 Å². The monoisotopic (exact) mass is 259 g/mol. The fourth-order valence-electron chi connectivity index (χ4n) is 0.965. The minimum atomic E-state index is 0.547. The fourth-order valence-corrected chi connectivity index (χ4v) is 2.31. The van der Waals surface area contributed by atoms with Crippen molar-refractivity contribution < 1.29 is 0 Å². The highest BCUT2D eigenvalue weighted by Crippen LogP contribution is 2.23. The van der Waals surface area contributed by atoms with Gasteiger partial charge in [-0.3, -0.25) is 0 Å². The Hall–Kier alpha value is -0.600. The van der Waals surface area contributed by atoms with Gasteiger partial charge in [0.1, 0.15) is 4.60 Å². The van der Waals surface area contributed by atoms with Gasteiger partial charge in [-0.25, -0.2) is 4.98 Å². The third kappa shape index (κ3) is 2.98. The first-order valence-corrected chi connectivity index (χ1v) is 5.68. The maximum absolute atomic E-state index is 8.46. The van der Waals surface area contributed by atoms with Crippen LogP contribution in [-0.4, -0.2) is 18.1 Å². The van der Waals surface area contributed by atoms with Crippen molar-refractivity contribution in [3.05, 3.63) is 9.98 Å². The smallest absolute Gasteiger partial charge is 0.186 e. The lowest BCUT2D eigenvalue weighted by Gasteiger charge is -2.17. The second-order valence-corrected chi connectivity index (χ2v) is 4.09. The normalized spacial score (nSPS) is 9.62. The van der Waals surface area contributed by atoms with Crippen LogP contribution in [0.5, 0.6) is 0 Å². The molecule has 1 heterocycles. The topological polar surface area (TPSA) is 39.9 Å². The standard InChI is InChI=1S/C8H10BrN3S/c1-2-12(5-3-4-10)8-11-7(9)6-13-8/h6H,2-3,5H2,1H3. The molecular formula is C8H10BrN3S. The third-order valence-corrected chi connectivity index (χ3v) is 3.22. The molecule has 0 saturated carbocycles. The van der Waals surface area contributed by atoms with Gasteiger partial charge in [0.15, 0.2) is 5.13 Å². The predicted octanol–water partition coefficient (Wildman–Crippen LogP) is 2.65. The van der Waals surface area contributed by atoms with Crippen LogP contribution in [0.4, 0.5) is 5.13 Å². The summed E-state index contributed by atoms with van der Waals surface area (Å²) >= 11 is 4.90. The molecule has 5 heteroatoms. The minimum absolute atomic E-state index is 0.547. The van der Waals surface area contributed by atoms with Gasteiger partial charge >= 0.3 is 0 Å². The molecule has 0 aliphatic heterocycles. The minimum Gasteiger partial charge on any atom is -0.347 e. The van der Waals surface area contributed by atoms with Crippen molar-refractivity contribution in [2.24, 2.45) is 0 Å². The summed E-state index contributed by atoms with van der Waals surface area (Å²) in [6.07, 6.45) is 0.547. The highest BCUT2D eigenvalue weighted by Gasteiger charge is 2.07. The first-order chi connectivity index (χ1) is 6.27. The maximum atomic E-state index is 8.46. The van der Waals surface area contributed by atoms with Crippen molar-refractivity contribution in [2.45, 2.75) is 13.3 Å². The van der Waals surface area contributed by atoms with Crippen molar-refractivity contribution >= 4 is 32.4 Å². The fraction of sp³-hybridized carbons (Fsp3) is 0.500. The van der Waals surface area contributed by atoms with Crippen LogP contribution in [-0.2, 0) is 0 Å². The van der Waals surface area contributed by atoms with E-state index in [1.807, 2.05) is 5.38 Å². The van der Waals surface area contributed by atoms with Gasteiger partial charge in [-0.05, 0) is 22.9 Å².